The minimum absolute atomic E-state index is 0.00204. The van der Waals surface area contributed by atoms with Crippen LogP contribution in [0.25, 0.3) is 0 Å². The number of ether oxygens (including phenoxy) is 1. The van der Waals surface area contributed by atoms with E-state index in [4.69, 9.17) is 17.0 Å². The van der Waals surface area contributed by atoms with Gasteiger partial charge in [-0.2, -0.15) is 4.31 Å². The molecule has 0 aromatic heterocycles. The lowest BCUT2D eigenvalue weighted by molar-refractivity contribution is 0.0977. The SMILES string of the molecule is CC(C)Oc1cccc(C(=O)NC(=S)Nc2ccc(S(=O)(=O)N3CCCCCC3)cc2)c1. The van der Waals surface area contributed by atoms with Crippen LogP contribution in [0.1, 0.15) is 49.9 Å². The van der Waals surface area contributed by atoms with E-state index in [0.29, 0.717) is 30.1 Å². The summed E-state index contributed by atoms with van der Waals surface area (Å²) in [6.45, 7) is 4.94. The summed E-state index contributed by atoms with van der Waals surface area (Å²) in [6, 6.07) is 13.2. The summed E-state index contributed by atoms with van der Waals surface area (Å²) in [6.07, 6.45) is 3.90. The number of carbonyl (C=O) groups excluding carboxylic acids is 1. The van der Waals surface area contributed by atoms with E-state index in [1.807, 2.05) is 13.8 Å². The summed E-state index contributed by atoms with van der Waals surface area (Å²) in [5.74, 6) is 0.241. The van der Waals surface area contributed by atoms with Gasteiger partial charge in [-0.25, -0.2) is 8.42 Å². The Balaban J connectivity index is 1.60. The van der Waals surface area contributed by atoms with Crippen LogP contribution in [-0.4, -0.2) is 42.9 Å². The third-order valence-corrected chi connectivity index (χ3v) is 7.13. The Kier molecular flexibility index (Phi) is 8.22. The first-order valence-electron chi connectivity index (χ1n) is 10.7. The number of sulfonamides is 1. The number of hydrogen-bond donors (Lipinski definition) is 2. The summed E-state index contributed by atoms with van der Waals surface area (Å²) in [5, 5.41) is 5.66. The number of anilines is 1. The van der Waals surface area contributed by atoms with E-state index in [2.05, 4.69) is 10.6 Å². The van der Waals surface area contributed by atoms with E-state index in [-0.39, 0.29) is 22.0 Å². The maximum Gasteiger partial charge on any atom is 0.257 e. The Bertz CT molecular complexity index is 1050. The van der Waals surface area contributed by atoms with Gasteiger partial charge in [0.05, 0.1) is 11.0 Å². The second-order valence-electron chi connectivity index (χ2n) is 7.95. The zero-order chi connectivity index (χ0) is 23.1. The molecule has 172 valence electrons. The molecule has 0 radical (unpaired) electrons. The third-order valence-electron chi connectivity index (χ3n) is 5.01. The summed E-state index contributed by atoms with van der Waals surface area (Å²) >= 11 is 5.24. The molecule has 0 unspecified atom stereocenters. The van der Waals surface area contributed by atoms with Crippen LogP contribution in [0.5, 0.6) is 5.75 Å². The molecule has 0 aliphatic carbocycles. The molecule has 1 aliphatic heterocycles. The average Bonchev–Trinajstić information content (AvgIpc) is 3.04. The van der Waals surface area contributed by atoms with Gasteiger partial charge < -0.3 is 10.1 Å². The van der Waals surface area contributed by atoms with Gasteiger partial charge >= 0.3 is 0 Å². The largest absolute Gasteiger partial charge is 0.491 e. The van der Waals surface area contributed by atoms with Crippen molar-refractivity contribution in [1.29, 1.82) is 0 Å². The monoisotopic (exact) mass is 475 g/mol. The highest BCUT2D eigenvalue weighted by atomic mass is 32.2. The number of rotatable bonds is 6. The fraction of sp³-hybridized carbons (Fsp3) is 0.391. The van der Waals surface area contributed by atoms with Gasteiger partial charge in [0, 0.05) is 24.3 Å². The molecule has 1 aliphatic rings. The molecular formula is C23H29N3O4S2. The third kappa shape index (κ3) is 6.51. The van der Waals surface area contributed by atoms with E-state index in [9.17, 15) is 13.2 Å². The Labute approximate surface area is 195 Å². The molecule has 32 heavy (non-hydrogen) atoms. The van der Waals surface area contributed by atoms with Crippen molar-refractivity contribution >= 4 is 38.9 Å². The van der Waals surface area contributed by atoms with Crippen LogP contribution in [0.3, 0.4) is 0 Å². The molecule has 1 heterocycles. The number of nitrogens with one attached hydrogen (secondary N) is 2. The molecular weight excluding hydrogens is 446 g/mol. The predicted molar refractivity (Wildman–Crippen MR) is 130 cm³/mol. The van der Waals surface area contributed by atoms with Gasteiger partial charge in [0.1, 0.15) is 5.75 Å². The van der Waals surface area contributed by atoms with Gasteiger partial charge in [-0.1, -0.05) is 18.9 Å². The molecule has 1 fully saturated rings. The van der Waals surface area contributed by atoms with E-state index in [1.165, 1.54) is 0 Å². The number of nitrogens with zero attached hydrogens (tertiary/aromatic N) is 1. The van der Waals surface area contributed by atoms with Crippen LogP contribution >= 0.6 is 12.2 Å². The maximum absolute atomic E-state index is 12.9. The van der Waals surface area contributed by atoms with E-state index in [0.717, 1.165) is 25.7 Å². The molecule has 2 aromatic carbocycles. The van der Waals surface area contributed by atoms with Gasteiger partial charge in [0.25, 0.3) is 5.91 Å². The average molecular weight is 476 g/mol. The topological polar surface area (TPSA) is 87.7 Å². The number of hydrogen-bond acceptors (Lipinski definition) is 5. The molecule has 1 amide bonds. The van der Waals surface area contributed by atoms with E-state index >= 15 is 0 Å². The normalized spacial score (nSPS) is 15.1. The summed E-state index contributed by atoms with van der Waals surface area (Å²) in [7, 11) is -3.51. The van der Waals surface area contributed by atoms with Gasteiger partial charge in [0.15, 0.2) is 5.11 Å². The highest BCUT2D eigenvalue weighted by Gasteiger charge is 2.25. The van der Waals surface area contributed by atoms with Gasteiger partial charge in [-0.3, -0.25) is 10.1 Å². The summed E-state index contributed by atoms with van der Waals surface area (Å²) < 4.78 is 32.9. The van der Waals surface area contributed by atoms with Crippen molar-refractivity contribution in [2.24, 2.45) is 0 Å². The Morgan fingerprint density at radius 1 is 1.03 bits per heavy atom. The van der Waals surface area contributed by atoms with Crippen LogP contribution in [0, 0.1) is 0 Å². The van der Waals surface area contributed by atoms with Crippen molar-refractivity contribution in [2.75, 3.05) is 18.4 Å². The number of carbonyl (C=O) groups is 1. The summed E-state index contributed by atoms with van der Waals surface area (Å²) in [4.78, 5) is 12.7. The van der Waals surface area contributed by atoms with Crippen molar-refractivity contribution < 1.29 is 17.9 Å². The van der Waals surface area contributed by atoms with Crippen LogP contribution < -0.4 is 15.4 Å². The molecule has 9 heteroatoms. The second-order valence-corrected chi connectivity index (χ2v) is 10.3. The van der Waals surface area contributed by atoms with Crippen LogP contribution in [0.15, 0.2) is 53.4 Å². The van der Waals surface area contributed by atoms with E-state index in [1.54, 1.807) is 52.8 Å². The van der Waals surface area contributed by atoms with Gasteiger partial charge in [-0.05, 0) is 81.4 Å². The summed E-state index contributed by atoms with van der Waals surface area (Å²) in [5.41, 5.74) is 1.01. The maximum atomic E-state index is 12.9. The Morgan fingerprint density at radius 3 is 2.31 bits per heavy atom. The Morgan fingerprint density at radius 2 is 1.69 bits per heavy atom. The highest BCUT2D eigenvalue weighted by molar-refractivity contribution is 7.89. The fourth-order valence-electron chi connectivity index (χ4n) is 3.46. The van der Waals surface area contributed by atoms with Crippen molar-refractivity contribution in [3.8, 4) is 5.75 Å². The zero-order valence-corrected chi connectivity index (χ0v) is 20.0. The zero-order valence-electron chi connectivity index (χ0n) is 18.3. The minimum atomic E-state index is -3.51. The van der Waals surface area contributed by atoms with Crippen molar-refractivity contribution in [3.63, 3.8) is 0 Å². The van der Waals surface area contributed by atoms with Crippen LogP contribution in [-0.2, 0) is 10.0 Å². The van der Waals surface area contributed by atoms with Crippen LogP contribution in [0.2, 0.25) is 0 Å². The predicted octanol–water partition coefficient (Wildman–Crippen LogP) is 4.17. The number of benzene rings is 2. The van der Waals surface area contributed by atoms with Gasteiger partial charge in [-0.15, -0.1) is 0 Å². The quantitative estimate of drug-likeness (QED) is 0.610. The van der Waals surface area contributed by atoms with Gasteiger partial charge in [0.2, 0.25) is 10.0 Å². The molecule has 0 saturated carbocycles. The lowest BCUT2D eigenvalue weighted by Crippen LogP contribution is -2.34. The first-order chi connectivity index (χ1) is 15.3. The lowest BCUT2D eigenvalue weighted by Gasteiger charge is -2.20. The highest BCUT2D eigenvalue weighted by Crippen LogP contribution is 2.22. The molecule has 1 saturated heterocycles. The first-order valence-corrected chi connectivity index (χ1v) is 12.6. The standard InChI is InChI=1S/C23H29N3O4S2/c1-17(2)30-20-9-7-8-18(16-20)22(27)25-23(31)24-19-10-12-21(13-11-19)32(28,29)26-14-5-3-4-6-15-26/h7-13,16-17H,3-6,14-15H2,1-2H3,(H2,24,25,27,31). The lowest BCUT2D eigenvalue weighted by atomic mass is 10.2. The molecule has 0 atom stereocenters. The molecule has 3 rings (SSSR count). The fourth-order valence-corrected chi connectivity index (χ4v) is 5.19. The Hall–Kier alpha value is -2.49. The van der Waals surface area contributed by atoms with Crippen LogP contribution in [0.4, 0.5) is 5.69 Å². The molecule has 0 bridgehead atoms. The second kappa shape index (κ2) is 10.9. The molecule has 0 spiro atoms. The smallest absolute Gasteiger partial charge is 0.257 e. The first kappa shape index (κ1) is 24.2. The number of amides is 1. The van der Waals surface area contributed by atoms with Crippen molar-refractivity contribution in [1.82, 2.24) is 9.62 Å². The number of thiocarbonyl (C=S) groups is 1. The molecule has 7 nitrogen and oxygen atoms in total. The van der Waals surface area contributed by atoms with E-state index < -0.39 is 10.0 Å². The van der Waals surface area contributed by atoms with Crippen molar-refractivity contribution in [2.45, 2.75) is 50.5 Å². The minimum Gasteiger partial charge on any atom is -0.491 e. The molecule has 2 N–H and O–H groups in total. The molecule has 2 aromatic rings. The van der Waals surface area contributed by atoms with Crippen molar-refractivity contribution in [3.05, 3.63) is 54.1 Å².